The largest absolute Gasteiger partial charge is 0.481 e. The number of unbranched alkanes of at least 4 members (excludes halogenated alkanes) is 17. The number of aliphatic carboxylic acids is 1. The predicted molar refractivity (Wildman–Crippen MR) is 129 cm³/mol. The van der Waals surface area contributed by atoms with Gasteiger partial charge in [0.25, 0.3) is 0 Å². The molecule has 3 N–H and O–H groups in total. The van der Waals surface area contributed by atoms with Crippen LogP contribution in [0.4, 0.5) is 0 Å². The molecular formula is C26H51NO4. The summed E-state index contributed by atoms with van der Waals surface area (Å²) in [7, 11) is 0. The van der Waals surface area contributed by atoms with Crippen LogP contribution in [0, 0.1) is 0 Å². The zero-order valence-electron chi connectivity index (χ0n) is 20.5. The molecule has 0 aliphatic carbocycles. The third kappa shape index (κ3) is 21.9. The standard InChI is InChI=1S/C26H51NO4/c1-3-4-5-6-7-8-9-10-11-12-13-14-15-16-17-18-19-20-21-23(2)31-26(30)24(27)22-25(28)29/h23-24H,3-22,27H2,1-2H3,(H,28,29)/t23?,24-/m0/s1. The van der Waals surface area contributed by atoms with Gasteiger partial charge in [-0.1, -0.05) is 116 Å². The fourth-order valence-corrected chi connectivity index (χ4v) is 3.95. The van der Waals surface area contributed by atoms with Crippen molar-refractivity contribution in [1.82, 2.24) is 0 Å². The summed E-state index contributed by atoms with van der Waals surface area (Å²) in [5.41, 5.74) is 5.51. The molecule has 0 aromatic carbocycles. The van der Waals surface area contributed by atoms with Crippen LogP contribution in [0.5, 0.6) is 0 Å². The fourth-order valence-electron chi connectivity index (χ4n) is 3.95. The molecule has 0 heterocycles. The van der Waals surface area contributed by atoms with E-state index >= 15 is 0 Å². The zero-order valence-corrected chi connectivity index (χ0v) is 20.5. The summed E-state index contributed by atoms with van der Waals surface area (Å²) in [5.74, 6) is -1.70. The molecule has 0 saturated heterocycles. The highest BCUT2D eigenvalue weighted by molar-refractivity contribution is 5.81. The number of rotatable bonds is 23. The number of nitrogens with two attached hydrogens (primary N) is 1. The minimum absolute atomic E-state index is 0.201. The van der Waals surface area contributed by atoms with E-state index in [0.29, 0.717) is 0 Å². The summed E-state index contributed by atoms with van der Waals surface area (Å²) in [6.45, 7) is 4.12. The van der Waals surface area contributed by atoms with Gasteiger partial charge in [-0.15, -0.1) is 0 Å². The molecule has 184 valence electrons. The second-order valence-electron chi connectivity index (χ2n) is 9.25. The van der Waals surface area contributed by atoms with Gasteiger partial charge in [0.2, 0.25) is 0 Å². The van der Waals surface area contributed by atoms with Crippen molar-refractivity contribution >= 4 is 11.9 Å². The number of esters is 1. The van der Waals surface area contributed by atoms with Gasteiger partial charge in [0, 0.05) is 0 Å². The van der Waals surface area contributed by atoms with Crippen LogP contribution in [0.1, 0.15) is 142 Å². The van der Waals surface area contributed by atoms with Gasteiger partial charge in [0.1, 0.15) is 6.04 Å². The molecule has 0 rings (SSSR count). The number of ether oxygens (including phenoxy) is 1. The molecule has 0 aliphatic heterocycles. The van der Waals surface area contributed by atoms with Crippen LogP contribution >= 0.6 is 0 Å². The van der Waals surface area contributed by atoms with Crippen molar-refractivity contribution in [3.63, 3.8) is 0 Å². The second-order valence-corrected chi connectivity index (χ2v) is 9.25. The number of hydrogen-bond donors (Lipinski definition) is 2. The summed E-state index contributed by atoms with van der Waals surface area (Å²) in [6.07, 6.45) is 24.5. The maximum atomic E-state index is 11.7. The van der Waals surface area contributed by atoms with Gasteiger partial charge in [-0.3, -0.25) is 9.59 Å². The highest BCUT2D eigenvalue weighted by atomic mass is 16.5. The molecule has 0 amide bonds. The van der Waals surface area contributed by atoms with Gasteiger partial charge in [0.15, 0.2) is 0 Å². The smallest absolute Gasteiger partial charge is 0.323 e. The van der Waals surface area contributed by atoms with Crippen molar-refractivity contribution < 1.29 is 19.4 Å². The summed E-state index contributed by atoms with van der Waals surface area (Å²) < 4.78 is 5.22. The molecule has 0 aromatic rings. The summed E-state index contributed by atoms with van der Waals surface area (Å²) >= 11 is 0. The first kappa shape index (κ1) is 29.9. The van der Waals surface area contributed by atoms with Gasteiger partial charge in [-0.25, -0.2) is 0 Å². The van der Waals surface area contributed by atoms with Gasteiger partial charge in [0.05, 0.1) is 12.5 Å². The van der Waals surface area contributed by atoms with Gasteiger partial charge < -0.3 is 15.6 Å². The van der Waals surface area contributed by atoms with E-state index in [-0.39, 0.29) is 12.5 Å². The topological polar surface area (TPSA) is 89.6 Å². The van der Waals surface area contributed by atoms with Crippen molar-refractivity contribution in [2.45, 2.75) is 154 Å². The summed E-state index contributed by atoms with van der Waals surface area (Å²) in [5, 5.41) is 8.65. The Kier molecular flexibility index (Phi) is 21.3. The van der Waals surface area contributed by atoms with E-state index in [2.05, 4.69) is 6.92 Å². The molecule has 0 bridgehead atoms. The van der Waals surface area contributed by atoms with Crippen LogP contribution in [-0.2, 0) is 14.3 Å². The third-order valence-electron chi connectivity index (χ3n) is 5.98. The molecule has 1 unspecified atom stereocenters. The maximum Gasteiger partial charge on any atom is 0.323 e. The quantitative estimate of drug-likeness (QED) is 0.130. The Labute approximate surface area is 191 Å². The Morgan fingerprint density at radius 1 is 0.710 bits per heavy atom. The van der Waals surface area contributed by atoms with Crippen molar-refractivity contribution in [1.29, 1.82) is 0 Å². The second kappa shape index (κ2) is 22.1. The Morgan fingerprint density at radius 2 is 1.06 bits per heavy atom. The normalized spacial score (nSPS) is 13.1. The average molecular weight is 442 g/mol. The monoisotopic (exact) mass is 441 g/mol. The SMILES string of the molecule is CCCCCCCCCCCCCCCCCCCCC(C)OC(=O)[C@@H](N)CC(=O)O. The predicted octanol–water partition coefficient (Wildman–Crippen LogP) is 7.15. The number of carbonyl (C=O) groups is 2. The molecular weight excluding hydrogens is 390 g/mol. The molecule has 5 nitrogen and oxygen atoms in total. The fraction of sp³-hybridized carbons (Fsp3) is 0.923. The molecule has 0 radical (unpaired) electrons. The van der Waals surface area contributed by atoms with Crippen LogP contribution in [0.3, 0.4) is 0 Å². The van der Waals surface area contributed by atoms with Crippen molar-refractivity contribution in [2.24, 2.45) is 5.73 Å². The first-order chi connectivity index (χ1) is 15.0. The van der Waals surface area contributed by atoms with Crippen LogP contribution in [0.15, 0.2) is 0 Å². The van der Waals surface area contributed by atoms with Crippen molar-refractivity contribution in [3.8, 4) is 0 Å². The first-order valence-electron chi connectivity index (χ1n) is 13.1. The Morgan fingerprint density at radius 3 is 1.42 bits per heavy atom. The van der Waals surface area contributed by atoms with E-state index in [4.69, 9.17) is 15.6 Å². The maximum absolute atomic E-state index is 11.7. The minimum Gasteiger partial charge on any atom is -0.481 e. The van der Waals surface area contributed by atoms with E-state index in [1.807, 2.05) is 6.92 Å². The molecule has 31 heavy (non-hydrogen) atoms. The Bertz CT molecular complexity index is 428. The van der Waals surface area contributed by atoms with Crippen molar-refractivity contribution in [3.05, 3.63) is 0 Å². The van der Waals surface area contributed by atoms with E-state index in [1.165, 1.54) is 103 Å². The van der Waals surface area contributed by atoms with Gasteiger partial charge >= 0.3 is 11.9 Å². The molecule has 0 aromatic heterocycles. The lowest BCUT2D eigenvalue weighted by atomic mass is 10.0. The van der Waals surface area contributed by atoms with Gasteiger partial charge in [-0.2, -0.15) is 0 Å². The third-order valence-corrected chi connectivity index (χ3v) is 5.98. The number of carbonyl (C=O) groups excluding carboxylic acids is 1. The highest BCUT2D eigenvalue weighted by Crippen LogP contribution is 2.15. The first-order valence-corrected chi connectivity index (χ1v) is 13.1. The molecule has 5 heteroatoms. The van der Waals surface area contributed by atoms with Crippen LogP contribution in [0.25, 0.3) is 0 Å². The van der Waals surface area contributed by atoms with E-state index < -0.39 is 18.0 Å². The Hall–Kier alpha value is -1.10. The lowest BCUT2D eigenvalue weighted by molar-refractivity contribution is -0.153. The number of hydrogen-bond acceptors (Lipinski definition) is 4. The average Bonchev–Trinajstić information content (AvgIpc) is 2.72. The molecule has 2 atom stereocenters. The summed E-state index contributed by atoms with van der Waals surface area (Å²) in [6, 6.07) is -1.07. The van der Waals surface area contributed by atoms with E-state index in [9.17, 15) is 9.59 Å². The van der Waals surface area contributed by atoms with Crippen LogP contribution in [-0.4, -0.2) is 29.2 Å². The highest BCUT2D eigenvalue weighted by Gasteiger charge is 2.20. The molecule has 0 aliphatic rings. The molecule has 0 spiro atoms. The molecule has 0 fully saturated rings. The minimum atomic E-state index is -1.08. The van der Waals surface area contributed by atoms with E-state index in [0.717, 1.165) is 19.3 Å². The number of carboxylic acids is 1. The lowest BCUT2D eigenvalue weighted by Gasteiger charge is -2.15. The van der Waals surface area contributed by atoms with E-state index in [1.54, 1.807) is 0 Å². The molecule has 0 saturated carbocycles. The Balaban J connectivity index is 3.29. The van der Waals surface area contributed by atoms with Crippen LogP contribution < -0.4 is 5.73 Å². The van der Waals surface area contributed by atoms with Crippen LogP contribution in [0.2, 0.25) is 0 Å². The lowest BCUT2D eigenvalue weighted by Crippen LogP contribution is -2.36. The van der Waals surface area contributed by atoms with Crippen molar-refractivity contribution in [2.75, 3.05) is 0 Å². The zero-order chi connectivity index (χ0) is 23.2. The van der Waals surface area contributed by atoms with Gasteiger partial charge in [-0.05, 0) is 19.8 Å². The number of carboxylic acid groups (broad SMARTS) is 1. The summed E-state index contributed by atoms with van der Waals surface area (Å²) in [4.78, 5) is 22.2.